The molecule has 0 bridgehead atoms. The van der Waals surface area contributed by atoms with Gasteiger partial charge in [0.15, 0.2) is 0 Å². The summed E-state index contributed by atoms with van der Waals surface area (Å²) in [6.07, 6.45) is 0. The van der Waals surface area contributed by atoms with Crippen LogP contribution in [0.15, 0.2) is 29.3 Å². The molecule has 8 nitrogen and oxygen atoms in total. The van der Waals surface area contributed by atoms with Gasteiger partial charge in [0.2, 0.25) is 5.91 Å². The normalized spacial score (nSPS) is 15.2. The van der Waals surface area contributed by atoms with Gasteiger partial charge in [-0.2, -0.15) is 0 Å². The minimum absolute atomic E-state index is 0.0865. The number of benzene rings is 1. The lowest BCUT2D eigenvalue weighted by atomic mass is 10.1. The molecule has 1 aliphatic heterocycles. The van der Waals surface area contributed by atoms with Crippen molar-refractivity contribution in [1.29, 1.82) is 0 Å². The Kier molecular flexibility index (Phi) is 4.28. The van der Waals surface area contributed by atoms with Gasteiger partial charge in [-0.3, -0.25) is 14.6 Å². The number of amidine groups is 1. The summed E-state index contributed by atoms with van der Waals surface area (Å²) >= 11 is 0. The Morgan fingerprint density at radius 3 is 2.65 bits per heavy atom. The Balaban J connectivity index is 2.03. The van der Waals surface area contributed by atoms with Crippen LogP contribution < -0.4 is 16.4 Å². The molecule has 0 unspecified atom stereocenters. The number of hydroxylamine groups is 2. The molecule has 1 aromatic carbocycles. The first kappa shape index (κ1) is 14.0. The zero-order valence-electron chi connectivity index (χ0n) is 10.6. The van der Waals surface area contributed by atoms with Crippen LogP contribution >= 0.6 is 0 Å². The van der Waals surface area contributed by atoms with E-state index in [1.54, 1.807) is 24.3 Å². The predicted molar refractivity (Wildman–Crippen MR) is 72.6 cm³/mol. The summed E-state index contributed by atoms with van der Waals surface area (Å²) in [5, 5.41) is 17.0. The first-order valence-corrected chi connectivity index (χ1v) is 5.93. The molecule has 0 atom stereocenters. The number of nitrogens with two attached hydrogens (primary N) is 1. The molecule has 0 aromatic heterocycles. The average Bonchev–Trinajstić information content (AvgIpc) is 2.46. The predicted octanol–water partition coefficient (Wildman–Crippen LogP) is -1.03. The molecule has 0 radical (unpaired) electrons. The molecule has 8 heteroatoms. The van der Waals surface area contributed by atoms with Gasteiger partial charge in [0, 0.05) is 11.1 Å². The molecule has 20 heavy (non-hydrogen) atoms. The minimum atomic E-state index is -0.599. The highest BCUT2D eigenvalue weighted by Gasteiger charge is 2.10. The molecule has 0 aliphatic carbocycles. The van der Waals surface area contributed by atoms with Crippen LogP contribution in [0.2, 0.25) is 0 Å². The zero-order valence-corrected chi connectivity index (χ0v) is 10.6. The van der Waals surface area contributed by atoms with Gasteiger partial charge < -0.3 is 26.6 Å². The molecule has 2 amide bonds. The summed E-state index contributed by atoms with van der Waals surface area (Å²) in [5.74, 6) is -0.362. The maximum atomic E-state index is 11.7. The van der Waals surface area contributed by atoms with E-state index < -0.39 is 5.91 Å². The largest absolute Gasteiger partial charge is 0.783 e. The van der Waals surface area contributed by atoms with Crippen molar-refractivity contribution in [3.8, 4) is 0 Å². The molecular formula is C12H14N5O3-. The van der Waals surface area contributed by atoms with E-state index in [-0.39, 0.29) is 25.8 Å². The lowest BCUT2D eigenvalue weighted by Crippen LogP contribution is -2.40. The number of nitrogens with zero attached hydrogens (tertiary/aromatic N) is 2. The standard InChI is InChI=1S/C12H14N5O3/c13-10(18)5-14-12(19)9-3-1-8(2-4-9)11-15-6-17(20)7-16-11/h1-4H,5-7H2,(H2,13,18)(H,14,19)(H,15,16)/q-1. The molecule has 0 saturated carbocycles. The Labute approximate surface area is 115 Å². The first-order valence-electron chi connectivity index (χ1n) is 5.93. The number of rotatable bonds is 4. The van der Waals surface area contributed by atoms with Gasteiger partial charge in [-0.1, -0.05) is 12.1 Å². The number of hydrogen-bond acceptors (Lipinski definition) is 6. The Hall–Kier alpha value is -2.45. The van der Waals surface area contributed by atoms with Crippen molar-refractivity contribution in [2.45, 2.75) is 0 Å². The molecule has 106 valence electrons. The second kappa shape index (κ2) is 6.13. The van der Waals surface area contributed by atoms with Crippen molar-refractivity contribution in [3.05, 3.63) is 40.6 Å². The molecule has 1 aliphatic rings. The van der Waals surface area contributed by atoms with E-state index in [0.29, 0.717) is 11.4 Å². The summed E-state index contributed by atoms with van der Waals surface area (Å²) in [7, 11) is 0. The summed E-state index contributed by atoms with van der Waals surface area (Å²) in [6, 6.07) is 6.65. The van der Waals surface area contributed by atoms with E-state index in [9.17, 15) is 14.8 Å². The van der Waals surface area contributed by atoms with E-state index in [2.05, 4.69) is 15.6 Å². The van der Waals surface area contributed by atoms with Crippen LogP contribution in [0, 0.1) is 5.21 Å². The van der Waals surface area contributed by atoms with Crippen molar-refractivity contribution < 1.29 is 9.59 Å². The Morgan fingerprint density at radius 1 is 1.40 bits per heavy atom. The average molecular weight is 276 g/mol. The number of amides is 2. The molecule has 4 N–H and O–H groups in total. The highest BCUT2D eigenvalue weighted by molar-refractivity contribution is 6.01. The number of carbonyl (C=O) groups is 2. The van der Waals surface area contributed by atoms with Crippen molar-refractivity contribution in [1.82, 2.24) is 15.7 Å². The third kappa shape index (κ3) is 3.53. The van der Waals surface area contributed by atoms with Gasteiger partial charge in [0.05, 0.1) is 19.9 Å². The second-order valence-electron chi connectivity index (χ2n) is 4.19. The molecule has 1 aromatic rings. The molecule has 0 saturated heterocycles. The topological polar surface area (TPSA) is 123 Å². The lowest BCUT2D eigenvalue weighted by molar-refractivity contribution is -0.117. The van der Waals surface area contributed by atoms with Crippen molar-refractivity contribution in [2.24, 2.45) is 10.7 Å². The molecule has 0 fully saturated rings. The fourth-order valence-electron chi connectivity index (χ4n) is 1.66. The van der Waals surface area contributed by atoms with Crippen LogP contribution in [0.1, 0.15) is 15.9 Å². The molecule has 1 heterocycles. The number of primary amides is 1. The summed E-state index contributed by atoms with van der Waals surface area (Å²) in [5.41, 5.74) is 6.14. The monoisotopic (exact) mass is 276 g/mol. The van der Waals surface area contributed by atoms with Gasteiger partial charge in [-0.15, -0.1) is 0 Å². The third-order valence-corrected chi connectivity index (χ3v) is 2.65. The zero-order chi connectivity index (χ0) is 14.5. The summed E-state index contributed by atoms with van der Waals surface area (Å²) < 4.78 is 0. The quantitative estimate of drug-likeness (QED) is 0.648. The van der Waals surface area contributed by atoms with Gasteiger partial charge in [0.1, 0.15) is 5.84 Å². The van der Waals surface area contributed by atoms with Crippen LogP contribution in [-0.4, -0.2) is 42.6 Å². The minimum Gasteiger partial charge on any atom is -0.783 e. The lowest BCUT2D eigenvalue weighted by Gasteiger charge is -2.31. The smallest absolute Gasteiger partial charge is 0.251 e. The van der Waals surface area contributed by atoms with E-state index in [4.69, 9.17) is 5.73 Å². The van der Waals surface area contributed by atoms with Gasteiger partial charge in [-0.25, -0.2) is 0 Å². The van der Waals surface area contributed by atoms with Crippen LogP contribution in [0.25, 0.3) is 0 Å². The highest BCUT2D eigenvalue weighted by Crippen LogP contribution is 2.07. The number of aliphatic imine (C=N–C) groups is 1. The maximum Gasteiger partial charge on any atom is 0.251 e. The van der Waals surface area contributed by atoms with Gasteiger partial charge in [-0.05, 0) is 12.1 Å². The van der Waals surface area contributed by atoms with Crippen LogP contribution in [0.4, 0.5) is 0 Å². The van der Waals surface area contributed by atoms with E-state index in [1.807, 2.05) is 0 Å². The van der Waals surface area contributed by atoms with Crippen molar-refractivity contribution in [2.75, 3.05) is 19.9 Å². The second-order valence-corrected chi connectivity index (χ2v) is 4.19. The molecule has 0 spiro atoms. The van der Waals surface area contributed by atoms with E-state index in [0.717, 1.165) is 10.6 Å². The van der Waals surface area contributed by atoms with E-state index in [1.165, 1.54) is 0 Å². The number of nitrogens with one attached hydrogen (secondary N) is 2. The molecular weight excluding hydrogens is 262 g/mol. The highest BCUT2D eigenvalue weighted by atomic mass is 16.5. The summed E-state index contributed by atoms with van der Waals surface area (Å²) in [6.45, 7) is 0.0665. The fourth-order valence-corrected chi connectivity index (χ4v) is 1.66. The number of carbonyl (C=O) groups excluding carboxylic acids is 2. The SMILES string of the molecule is NC(=O)CNC(=O)c1ccc(C2=NCN([O-])CN2)cc1. The van der Waals surface area contributed by atoms with Gasteiger partial charge in [0.25, 0.3) is 5.91 Å². The first-order chi connectivity index (χ1) is 9.56. The third-order valence-electron chi connectivity index (χ3n) is 2.65. The summed E-state index contributed by atoms with van der Waals surface area (Å²) in [4.78, 5) is 26.3. The van der Waals surface area contributed by atoms with Gasteiger partial charge >= 0.3 is 0 Å². The van der Waals surface area contributed by atoms with Crippen LogP contribution in [0.3, 0.4) is 0 Å². The fraction of sp³-hybridized carbons (Fsp3) is 0.250. The van der Waals surface area contributed by atoms with Crippen molar-refractivity contribution >= 4 is 17.6 Å². The Bertz CT molecular complexity index is 541. The molecule has 2 rings (SSSR count). The maximum absolute atomic E-state index is 11.7. The number of hydrogen-bond donors (Lipinski definition) is 3. The van der Waals surface area contributed by atoms with E-state index >= 15 is 0 Å². The Morgan fingerprint density at radius 2 is 2.10 bits per heavy atom. The van der Waals surface area contributed by atoms with Crippen molar-refractivity contribution in [3.63, 3.8) is 0 Å². The van der Waals surface area contributed by atoms with Crippen LogP contribution in [-0.2, 0) is 4.79 Å². The van der Waals surface area contributed by atoms with Crippen LogP contribution in [0.5, 0.6) is 0 Å².